The van der Waals surface area contributed by atoms with Crippen molar-refractivity contribution in [3.05, 3.63) is 23.2 Å². The molecular weight excluding hydrogens is 250 g/mol. The van der Waals surface area contributed by atoms with Gasteiger partial charge >= 0.3 is 6.03 Å². The summed E-state index contributed by atoms with van der Waals surface area (Å²) >= 11 is 6.03. The number of amides is 2. The van der Waals surface area contributed by atoms with E-state index in [1.54, 1.807) is 18.2 Å². The monoisotopic (exact) mass is 267 g/mol. The fraction of sp³-hybridized carbons (Fsp3) is 0.462. The number of nitrogen functional groups attached to an aromatic ring is 1. The highest BCUT2D eigenvalue weighted by molar-refractivity contribution is 6.34. The van der Waals surface area contributed by atoms with E-state index in [1.165, 1.54) is 6.42 Å². The molecule has 2 rings (SSSR count). The number of rotatable bonds is 1. The molecule has 1 saturated heterocycles. The predicted molar refractivity (Wildman–Crippen MR) is 74.9 cm³/mol. The lowest BCUT2D eigenvalue weighted by atomic mass is 10.0. The summed E-state index contributed by atoms with van der Waals surface area (Å²) in [7, 11) is 0. The SMILES string of the molecule is CC1CCCN(C(=O)Nc2ccc(N)cc2Cl)C1. The van der Waals surface area contributed by atoms with Crippen LogP contribution in [0.1, 0.15) is 19.8 Å². The molecule has 2 amide bonds. The van der Waals surface area contributed by atoms with Crippen LogP contribution in [-0.2, 0) is 0 Å². The van der Waals surface area contributed by atoms with Crippen LogP contribution < -0.4 is 11.1 Å². The molecule has 0 aromatic heterocycles. The maximum Gasteiger partial charge on any atom is 0.321 e. The van der Waals surface area contributed by atoms with Crippen molar-refractivity contribution < 1.29 is 4.79 Å². The summed E-state index contributed by atoms with van der Waals surface area (Å²) in [6.45, 7) is 3.77. The summed E-state index contributed by atoms with van der Waals surface area (Å²) in [6.07, 6.45) is 2.25. The molecule has 1 aromatic carbocycles. The third kappa shape index (κ3) is 3.07. The first-order valence-electron chi connectivity index (χ1n) is 6.17. The van der Waals surface area contributed by atoms with E-state index < -0.39 is 0 Å². The fourth-order valence-electron chi connectivity index (χ4n) is 2.20. The second-order valence-corrected chi connectivity index (χ2v) is 5.27. The number of nitrogens with zero attached hydrogens (tertiary/aromatic N) is 1. The molecule has 1 aromatic rings. The minimum Gasteiger partial charge on any atom is -0.399 e. The fourth-order valence-corrected chi connectivity index (χ4v) is 2.44. The molecule has 1 aliphatic heterocycles. The topological polar surface area (TPSA) is 58.4 Å². The van der Waals surface area contributed by atoms with Crippen molar-refractivity contribution in [3.8, 4) is 0 Å². The van der Waals surface area contributed by atoms with Crippen molar-refractivity contribution in [1.82, 2.24) is 4.90 Å². The summed E-state index contributed by atoms with van der Waals surface area (Å²) in [4.78, 5) is 13.9. The van der Waals surface area contributed by atoms with E-state index in [1.807, 2.05) is 4.90 Å². The number of benzene rings is 1. The number of hydrogen-bond donors (Lipinski definition) is 2. The molecule has 3 N–H and O–H groups in total. The molecule has 18 heavy (non-hydrogen) atoms. The highest BCUT2D eigenvalue weighted by atomic mass is 35.5. The summed E-state index contributed by atoms with van der Waals surface area (Å²) in [5, 5.41) is 3.29. The van der Waals surface area contributed by atoms with Gasteiger partial charge in [-0.05, 0) is 37.0 Å². The summed E-state index contributed by atoms with van der Waals surface area (Å²) in [5.74, 6) is 0.561. The maximum absolute atomic E-state index is 12.1. The first-order chi connectivity index (χ1) is 8.56. The van der Waals surface area contributed by atoms with E-state index in [0.29, 0.717) is 22.3 Å². The van der Waals surface area contributed by atoms with E-state index in [-0.39, 0.29) is 6.03 Å². The Morgan fingerprint density at radius 3 is 3.00 bits per heavy atom. The van der Waals surface area contributed by atoms with Crippen LogP contribution in [0.25, 0.3) is 0 Å². The smallest absolute Gasteiger partial charge is 0.321 e. The highest BCUT2D eigenvalue weighted by Crippen LogP contribution is 2.25. The van der Waals surface area contributed by atoms with Crippen LogP contribution in [0.5, 0.6) is 0 Å². The summed E-state index contributed by atoms with van der Waals surface area (Å²) in [6, 6.07) is 4.99. The number of halogens is 1. The Morgan fingerprint density at radius 1 is 1.56 bits per heavy atom. The number of nitrogens with two attached hydrogens (primary N) is 1. The van der Waals surface area contributed by atoms with Crippen molar-refractivity contribution >= 4 is 29.0 Å². The van der Waals surface area contributed by atoms with Crippen LogP contribution in [-0.4, -0.2) is 24.0 Å². The summed E-state index contributed by atoms with van der Waals surface area (Å²) in [5.41, 5.74) is 6.80. The molecule has 0 aliphatic carbocycles. The lowest BCUT2D eigenvalue weighted by Crippen LogP contribution is -2.41. The van der Waals surface area contributed by atoms with Crippen LogP contribution >= 0.6 is 11.6 Å². The van der Waals surface area contributed by atoms with Gasteiger partial charge in [-0.3, -0.25) is 0 Å². The van der Waals surface area contributed by atoms with Crippen LogP contribution in [0.2, 0.25) is 5.02 Å². The number of likely N-dealkylation sites (tertiary alicyclic amines) is 1. The molecule has 4 nitrogen and oxygen atoms in total. The zero-order valence-corrected chi connectivity index (χ0v) is 11.2. The Labute approximate surface area is 112 Å². The third-order valence-corrected chi connectivity index (χ3v) is 3.49. The van der Waals surface area contributed by atoms with Gasteiger partial charge in [0, 0.05) is 18.8 Å². The lowest BCUT2D eigenvalue weighted by Gasteiger charge is -2.31. The number of urea groups is 1. The first kappa shape index (κ1) is 13.0. The van der Waals surface area contributed by atoms with Gasteiger partial charge < -0.3 is 16.0 Å². The second kappa shape index (κ2) is 5.48. The van der Waals surface area contributed by atoms with Crippen LogP contribution in [0.15, 0.2) is 18.2 Å². The predicted octanol–water partition coefficient (Wildman–Crippen LogP) is 3.19. The number of carbonyl (C=O) groups is 1. The van der Waals surface area contributed by atoms with E-state index in [0.717, 1.165) is 19.5 Å². The normalized spacial score (nSPS) is 19.7. The van der Waals surface area contributed by atoms with Gasteiger partial charge in [0.05, 0.1) is 10.7 Å². The Bertz CT molecular complexity index is 450. The van der Waals surface area contributed by atoms with E-state index in [2.05, 4.69) is 12.2 Å². The third-order valence-electron chi connectivity index (χ3n) is 3.18. The Balaban J connectivity index is 2.02. The van der Waals surface area contributed by atoms with E-state index in [9.17, 15) is 4.79 Å². The Hall–Kier alpha value is -1.42. The van der Waals surface area contributed by atoms with E-state index >= 15 is 0 Å². The minimum atomic E-state index is -0.0896. The molecule has 5 heteroatoms. The second-order valence-electron chi connectivity index (χ2n) is 4.86. The van der Waals surface area contributed by atoms with Gasteiger partial charge in [0.1, 0.15) is 0 Å². The highest BCUT2D eigenvalue weighted by Gasteiger charge is 2.21. The zero-order chi connectivity index (χ0) is 13.1. The maximum atomic E-state index is 12.1. The van der Waals surface area contributed by atoms with Crippen molar-refractivity contribution in [1.29, 1.82) is 0 Å². The van der Waals surface area contributed by atoms with E-state index in [4.69, 9.17) is 17.3 Å². The van der Waals surface area contributed by atoms with Gasteiger partial charge in [-0.1, -0.05) is 18.5 Å². The quantitative estimate of drug-likeness (QED) is 0.768. The van der Waals surface area contributed by atoms with Crippen molar-refractivity contribution in [2.45, 2.75) is 19.8 Å². The van der Waals surface area contributed by atoms with Gasteiger partial charge in [-0.25, -0.2) is 4.79 Å². The van der Waals surface area contributed by atoms with Gasteiger partial charge in [0.15, 0.2) is 0 Å². The number of anilines is 2. The first-order valence-corrected chi connectivity index (χ1v) is 6.55. The van der Waals surface area contributed by atoms with Crippen molar-refractivity contribution in [2.75, 3.05) is 24.1 Å². The largest absolute Gasteiger partial charge is 0.399 e. The molecule has 1 unspecified atom stereocenters. The molecule has 98 valence electrons. The minimum absolute atomic E-state index is 0.0896. The van der Waals surface area contributed by atoms with Gasteiger partial charge in [0.25, 0.3) is 0 Å². The molecule has 0 spiro atoms. The average molecular weight is 268 g/mol. The molecule has 1 heterocycles. The molecule has 1 aliphatic rings. The number of carbonyl (C=O) groups excluding carboxylic acids is 1. The van der Waals surface area contributed by atoms with Crippen molar-refractivity contribution in [3.63, 3.8) is 0 Å². The number of hydrogen-bond acceptors (Lipinski definition) is 2. The number of nitrogens with one attached hydrogen (secondary N) is 1. The van der Waals surface area contributed by atoms with Crippen LogP contribution in [0.4, 0.5) is 16.2 Å². The van der Waals surface area contributed by atoms with Crippen LogP contribution in [0, 0.1) is 5.92 Å². The van der Waals surface area contributed by atoms with Crippen molar-refractivity contribution in [2.24, 2.45) is 5.92 Å². The Morgan fingerprint density at radius 2 is 2.33 bits per heavy atom. The van der Waals surface area contributed by atoms with Crippen LogP contribution in [0.3, 0.4) is 0 Å². The molecule has 0 bridgehead atoms. The summed E-state index contributed by atoms with van der Waals surface area (Å²) < 4.78 is 0. The lowest BCUT2D eigenvalue weighted by molar-refractivity contribution is 0.182. The van der Waals surface area contributed by atoms with Gasteiger partial charge in [-0.2, -0.15) is 0 Å². The molecule has 1 atom stereocenters. The van der Waals surface area contributed by atoms with Gasteiger partial charge in [0.2, 0.25) is 0 Å². The number of piperidine rings is 1. The molecule has 0 radical (unpaired) electrons. The molecular formula is C13H18ClN3O. The molecule has 1 fully saturated rings. The van der Waals surface area contributed by atoms with Gasteiger partial charge in [-0.15, -0.1) is 0 Å². The molecule has 0 saturated carbocycles. The zero-order valence-electron chi connectivity index (χ0n) is 10.4. The Kier molecular flexibility index (Phi) is 3.97. The standard InChI is InChI=1S/C13H18ClN3O/c1-9-3-2-6-17(8-9)13(18)16-12-5-4-10(15)7-11(12)14/h4-5,7,9H,2-3,6,8,15H2,1H3,(H,16,18). The average Bonchev–Trinajstić information content (AvgIpc) is 2.32.